The Kier molecular flexibility index (Phi) is 2.44. The Morgan fingerprint density at radius 1 is 1.27 bits per heavy atom. The number of hydrogen-bond donors (Lipinski definition) is 1. The van der Waals surface area contributed by atoms with Crippen molar-refractivity contribution >= 4 is 11.8 Å². The van der Waals surface area contributed by atoms with Crippen molar-refractivity contribution in [2.24, 2.45) is 0 Å². The molecule has 1 aromatic rings. The third kappa shape index (κ3) is 1.58. The molecule has 0 aliphatic carbocycles. The van der Waals surface area contributed by atoms with Gasteiger partial charge in [-0.05, 0) is 31.4 Å². The number of fused-ring (bicyclic) bond motifs is 1. The van der Waals surface area contributed by atoms with E-state index in [-0.39, 0.29) is 6.23 Å². The van der Waals surface area contributed by atoms with Crippen LogP contribution in [0.15, 0.2) is 0 Å². The maximum Gasteiger partial charge on any atom is 0.148 e. The van der Waals surface area contributed by atoms with Gasteiger partial charge >= 0.3 is 0 Å². The van der Waals surface area contributed by atoms with Gasteiger partial charge in [0.1, 0.15) is 17.9 Å². The Hall–Kier alpha value is -0.550. The van der Waals surface area contributed by atoms with Crippen LogP contribution < -0.4 is 0 Å². The first-order valence-electron chi connectivity index (χ1n) is 5.59. The van der Waals surface area contributed by atoms with Crippen LogP contribution >= 0.6 is 11.8 Å². The second-order valence-corrected chi connectivity index (χ2v) is 5.53. The first-order valence-corrected chi connectivity index (χ1v) is 6.64. The lowest BCUT2D eigenvalue weighted by molar-refractivity contribution is 0.0748. The summed E-state index contributed by atoms with van der Waals surface area (Å²) in [6, 6.07) is 0. The molecule has 5 heteroatoms. The molecule has 3 rings (SSSR count). The average Bonchev–Trinajstić information content (AvgIpc) is 2.85. The molecule has 2 atom stereocenters. The van der Waals surface area contributed by atoms with Gasteiger partial charge in [0.05, 0.1) is 5.25 Å². The molecule has 15 heavy (non-hydrogen) atoms. The van der Waals surface area contributed by atoms with Crippen LogP contribution in [0, 0.1) is 0 Å². The molecule has 82 valence electrons. The first kappa shape index (κ1) is 9.66. The molecule has 0 aromatic carbocycles. The van der Waals surface area contributed by atoms with Crippen LogP contribution in [-0.2, 0) is 6.42 Å². The van der Waals surface area contributed by atoms with Crippen molar-refractivity contribution in [1.29, 1.82) is 0 Å². The van der Waals surface area contributed by atoms with Crippen molar-refractivity contribution in [2.75, 3.05) is 5.75 Å². The minimum Gasteiger partial charge on any atom is -0.373 e. The van der Waals surface area contributed by atoms with Gasteiger partial charge in [-0.1, -0.05) is 0 Å². The third-order valence-electron chi connectivity index (χ3n) is 3.17. The number of aromatic nitrogens is 3. The Balaban J connectivity index is 1.97. The highest BCUT2D eigenvalue weighted by atomic mass is 32.2. The van der Waals surface area contributed by atoms with Gasteiger partial charge in [0, 0.05) is 6.42 Å². The smallest absolute Gasteiger partial charge is 0.148 e. The molecule has 0 amide bonds. The van der Waals surface area contributed by atoms with Gasteiger partial charge < -0.3 is 5.11 Å². The van der Waals surface area contributed by atoms with Gasteiger partial charge in [-0.3, -0.25) is 4.57 Å². The van der Waals surface area contributed by atoms with Crippen molar-refractivity contribution in [3.05, 3.63) is 11.6 Å². The molecular formula is C10H15N3OS. The number of rotatable bonds is 1. The summed E-state index contributed by atoms with van der Waals surface area (Å²) >= 11 is 1.94. The van der Waals surface area contributed by atoms with E-state index in [1.165, 1.54) is 18.6 Å². The first-order chi connectivity index (χ1) is 7.36. The SMILES string of the molecule is OC1CCCc2nnc(C3CCCS3)n21. The van der Waals surface area contributed by atoms with Crippen molar-refractivity contribution < 1.29 is 5.11 Å². The Morgan fingerprint density at radius 3 is 3.00 bits per heavy atom. The van der Waals surface area contributed by atoms with E-state index in [0.29, 0.717) is 5.25 Å². The molecule has 1 saturated heterocycles. The minimum absolute atomic E-state index is 0.389. The summed E-state index contributed by atoms with van der Waals surface area (Å²) in [5, 5.41) is 18.9. The molecule has 2 unspecified atom stereocenters. The molecule has 3 heterocycles. The molecule has 0 spiro atoms. The zero-order valence-corrected chi connectivity index (χ0v) is 9.41. The molecule has 0 radical (unpaired) electrons. The summed E-state index contributed by atoms with van der Waals surface area (Å²) in [5.74, 6) is 3.18. The van der Waals surface area contributed by atoms with E-state index in [1.54, 1.807) is 0 Å². The molecular weight excluding hydrogens is 210 g/mol. The summed E-state index contributed by atoms with van der Waals surface area (Å²) < 4.78 is 1.96. The maximum atomic E-state index is 9.97. The van der Waals surface area contributed by atoms with Crippen LogP contribution in [0.25, 0.3) is 0 Å². The Morgan fingerprint density at radius 2 is 2.20 bits per heavy atom. The van der Waals surface area contributed by atoms with E-state index in [2.05, 4.69) is 10.2 Å². The second kappa shape index (κ2) is 3.79. The monoisotopic (exact) mass is 225 g/mol. The number of thioether (sulfide) groups is 1. The van der Waals surface area contributed by atoms with Crippen LogP contribution in [0.3, 0.4) is 0 Å². The summed E-state index contributed by atoms with van der Waals surface area (Å²) in [5.41, 5.74) is 0. The highest BCUT2D eigenvalue weighted by Crippen LogP contribution is 2.40. The Bertz CT molecular complexity index is 360. The number of hydrogen-bond acceptors (Lipinski definition) is 4. The molecule has 2 aliphatic rings. The lowest BCUT2D eigenvalue weighted by Crippen LogP contribution is -2.20. The lowest BCUT2D eigenvalue weighted by Gasteiger charge is -2.22. The van der Waals surface area contributed by atoms with E-state index in [1.807, 2.05) is 16.3 Å². The zero-order chi connectivity index (χ0) is 10.3. The fraction of sp³-hybridized carbons (Fsp3) is 0.800. The summed E-state index contributed by atoms with van der Waals surface area (Å²) in [7, 11) is 0. The van der Waals surface area contributed by atoms with E-state index < -0.39 is 0 Å². The predicted octanol–water partition coefficient (Wildman–Crippen LogP) is 1.67. The van der Waals surface area contributed by atoms with Crippen LogP contribution in [0.4, 0.5) is 0 Å². The van der Waals surface area contributed by atoms with Crippen molar-refractivity contribution in [3.63, 3.8) is 0 Å². The maximum absolute atomic E-state index is 9.97. The molecule has 0 bridgehead atoms. The molecule has 1 N–H and O–H groups in total. The van der Waals surface area contributed by atoms with Crippen LogP contribution in [0.1, 0.15) is 48.8 Å². The molecule has 4 nitrogen and oxygen atoms in total. The number of nitrogens with zero attached hydrogens (tertiary/aromatic N) is 3. The van der Waals surface area contributed by atoms with Crippen molar-refractivity contribution in [3.8, 4) is 0 Å². The van der Waals surface area contributed by atoms with Crippen molar-refractivity contribution in [1.82, 2.24) is 14.8 Å². The average molecular weight is 225 g/mol. The molecule has 0 saturated carbocycles. The van der Waals surface area contributed by atoms with Gasteiger partial charge in [-0.2, -0.15) is 11.8 Å². The van der Waals surface area contributed by atoms with Gasteiger partial charge in [-0.25, -0.2) is 0 Å². The van der Waals surface area contributed by atoms with E-state index in [4.69, 9.17) is 0 Å². The number of aliphatic hydroxyl groups excluding tert-OH is 1. The topological polar surface area (TPSA) is 50.9 Å². The van der Waals surface area contributed by atoms with E-state index in [0.717, 1.165) is 30.9 Å². The quantitative estimate of drug-likeness (QED) is 0.790. The standard InChI is InChI=1S/C10H15N3OS/c14-9-5-1-4-8-11-12-10(13(8)9)7-3-2-6-15-7/h7,9,14H,1-6H2. The summed E-state index contributed by atoms with van der Waals surface area (Å²) in [6.45, 7) is 0. The van der Waals surface area contributed by atoms with Gasteiger partial charge in [0.25, 0.3) is 0 Å². The molecule has 2 aliphatic heterocycles. The zero-order valence-electron chi connectivity index (χ0n) is 8.59. The molecule has 1 fully saturated rings. The van der Waals surface area contributed by atoms with Crippen LogP contribution in [0.2, 0.25) is 0 Å². The fourth-order valence-electron chi connectivity index (χ4n) is 2.41. The van der Waals surface area contributed by atoms with Crippen LogP contribution in [-0.4, -0.2) is 25.6 Å². The normalized spacial score (nSPS) is 30.5. The highest BCUT2D eigenvalue weighted by molar-refractivity contribution is 7.99. The lowest BCUT2D eigenvalue weighted by atomic mass is 10.1. The third-order valence-corrected chi connectivity index (χ3v) is 4.54. The fourth-order valence-corrected chi connectivity index (χ4v) is 3.67. The predicted molar refractivity (Wildman–Crippen MR) is 58.6 cm³/mol. The highest BCUT2D eigenvalue weighted by Gasteiger charge is 2.29. The summed E-state index contributed by atoms with van der Waals surface area (Å²) in [6.07, 6.45) is 4.87. The van der Waals surface area contributed by atoms with Gasteiger partial charge in [0.15, 0.2) is 0 Å². The van der Waals surface area contributed by atoms with Crippen molar-refractivity contribution in [2.45, 2.75) is 43.6 Å². The number of aryl methyl sites for hydroxylation is 1. The Labute approximate surface area is 93.1 Å². The van der Waals surface area contributed by atoms with E-state index in [9.17, 15) is 5.11 Å². The minimum atomic E-state index is -0.389. The summed E-state index contributed by atoms with van der Waals surface area (Å²) in [4.78, 5) is 0. The molecule has 1 aromatic heterocycles. The largest absolute Gasteiger partial charge is 0.373 e. The van der Waals surface area contributed by atoms with E-state index >= 15 is 0 Å². The second-order valence-electron chi connectivity index (χ2n) is 4.22. The number of aliphatic hydroxyl groups is 1. The van der Waals surface area contributed by atoms with Crippen LogP contribution in [0.5, 0.6) is 0 Å². The van der Waals surface area contributed by atoms with Gasteiger partial charge in [-0.15, -0.1) is 10.2 Å². The van der Waals surface area contributed by atoms with Gasteiger partial charge in [0.2, 0.25) is 0 Å².